The maximum absolute atomic E-state index is 13.2. The molecule has 1 heterocycles. The molecule has 0 amide bonds. The van der Waals surface area contributed by atoms with Crippen molar-refractivity contribution < 1.29 is 23.4 Å². The van der Waals surface area contributed by atoms with E-state index in [1.165, 1.54) is 12.1 Å². The monoisotopic (exact) mass is 307 g/mol. The SMILES string of the molecule is N[C@@H](c1cccc2c1OC(F)(F)O2)[C@H](O)Cc1ccccc1. The molecule has 0 aromatic heterocycles. The van der Waals surface area contributed by atoms with Gasteiger partial charge in [0.15, 0.2) is 11.5 Å². The lowest BCUT2D eigenvalue weighted by Gasteiger charge is -2.20. The largest absolute Gasteiger partial charge is 0.586 e. The third-order valence-electron chi connectivity index (χ3n) is 3.52. The Morgan fingerprint density at radius 1 is 1.05 bits per heavy atom. The molecule has 0 aliphatic carbocycles. The minimum atomic E-state index is -3.71. The molecule has 2 aromatic rings. The Balaban J connectivity index is 1.82. The normalized spacial score (nSPS) is 18.0. The summed E-state index contributed by atoms with van der Waals surface area (Å²) in [5.41, 5.74) is 7.21. The summed E-state index contributed by atoms with van der Waals surface area (Å²) in [6.07, 6.45) is -4.34. The summed E-state index contributed by atoms with van der Waals surface area (Å²) in [6.45, 7) is 0. The van der Waals surface area contributed by atoms with Crippen molar-refractivity contribution in [2.45, 2.75) is 24.9 Å². The number of hydrogen-bond donors (Lipinski definition) is 2. The van der Waals surface area contributed by atoms with Gasteiger partial charge in [-0.15, -0.1) is 8.78 Å². The van der Waals surface area contributed by atoms with Crippen LogP contribution in [0, 0.1) is 0 Å². The summed E-state index contributed by atoms with van der Waals surface area (Å²) in [7, 11) is 0. The molecule has 0 fully saturated rings. The van der Waals surface area contributed by atoms with Gasteiger partial charge in [-0.3, -0.25) is 0 Å². The number of fused-ring (bicyclic) bond motifs is 1. The number of benzene rings is 2. The summed E-state index contributed by atoms with van der Waals surface area (Å²) in [4.78, 5) is 0. The van der Waals surface area contributed by atoms with Crippen LogP contribution in [0.3, 0.4) is 0 Å². The minimum absolute atomic E-state index is 0.0788. The summed E-state index contributed by atoms with van der Waals surface area (Å²) in [5.74, 6) is -0.197. The molecule has 3 rings (SSSR count). The molecule has 6 heteroatoms. The van der Waals surface area contributed by atoms with Crippen molar-refractivity contribution >= 4 is 0 Å². The third-order valence-corrected chi connectivity index (χ3v) is 3.52. The van der Waals surface area contributed by atoms with Gasteiger partial charge in [-0.25, -0.2) is 0 Å². The fraction of sp³-hybridized carbons (Fsp3) is 0.250. The van der Waals surface area contributed by atoms with E-state index in [2.05, 4.69) is 9.47 Å². The molecule has 2 atom stereocenters. The van der Waals surface area contributed by atoms with Crippen LogP contribution in [0.25, 0.3) is 0 Å². The summed E-state index contributed by atoms with van der Waals surface area (Å²) in [6, 6.07) is 12.9. The van der Waals surface area contributed by atoms with E-state index in [-0.39, 0.29) is 17.1 Å². The van der Waals surface area contributed by atoms with E-state index in [0.717, 1.165) is 5.56 Å². The van der Waals surface area contributed by atoms with Crippen LogP contribution in [0.5, 0.6) is 11.5 Å². The first kappa shape index (κ1) is 14.7. The Hall–Kier alpha value is -2.18. The average Bonchev–Trinajstić information content (AvgIpc) is 2.81. The zero-order valence-corrected chi connectivity index (χ0v) is 11.6. The van der Waals surface area contributed by atoms with Gasteiger partial charge < -0.3 is 20.3 Å². The highest BCUT2D eigenvalue weighted by Gasteiger charge is 2.45. The molecule has 1 aliphatic heterocycles. The van der Waals surface area contributed by atoms with Crippen LogP contribution in [0.2, 0.25) is 0 Å². The third kappa shape index (κ3) is 2.88. The first-order valence-electron chi connectivity index (χ1n) is 6.82. The highest BCUT2D eigenvalue weighted by atomic mass is 19.3. The van der Waals surface area contributed by atoms with Crippen molar-refractivity contribution in [3.63, 3.8) is 0 Å². The zero-order valence-electron chi connectivity index (χ0n) is 11.6. The van der Waals surface area contributed by atoms with E-state index < -0.39 is 18.4 Å². The van der Waals surface area contributed by atoms with Gasteiger partial charge in [0.1, 0.15) is 0 Å². The van der Waals surface area contributed by atoms with Crippen LogP contribution in [-0.4, -0.2) is 17.5 Å². The molecule has 0 spiro atoms. The second-order valence-corrected chi connectivity index (χ2v) is 5.12. The average molecular weight is 307 g/mol. The number of nitrogens with two attached hydrogens (primary N) is 1. The molecular formula is C16H15F2NO3. The van der Waals surface area contributed by atoms with Crippen molar-refractivity contribution in [1.29, 1.82) is 0 Å². The summed E-state index contributed by atoms with van der Waals surface area (Å²) in [5, 5.41) is 10.3. The predicted octanol–water partition coefficient (Wildman–Crippen LogP) is 2.61. The fourth-order valence-corrected chi connectivity index (χ4v) is 2.44. The maximum atomic E-state index is 13.2. The quantitative estimate of drug-likeness (QED) is 0.911. The Morgan fingerprint density at radius 2 is 1.77 bits per heavy atom. The van der Waals surface area contributed by atoms with Crippen molar-refractivity contribution in [3.8, 4) is 11.5 Å². The number of rotatable bonds is 4. The molecular weight excluding hydrogens is 292 g/mol. The van der Waals surface area contributed by atoms with Crippen molar-refractivity contribution in [2.75, 3.05) is 0 Å². The van der Waals surface area contributed by atoms with Crippen LogP contribution in [0.1, 0.15) is 17.2 Å². The van der Waals surface area contributed by atoms with Gasteiger partial charge in [0.25, 0.3) is 0 Å². The minimum Gasteiger partial charge on any atom is -0.395 e. The molecule has 0 saturated carbocycles. The van der Waals surface area contributed by atoms with Gasteiger partial charge in [0.05, 0.1) is 12.1 Å². The Kier molecular flexibility index (Phi) is 3.72. The number of aliphatic hydroxyl groups is 1. The van der Waals surface area contributed by atoms with E-state index in [4.69, 9.17) is 5.73 Å². The molecule has 1 aliphatic rings. The fourth-order valence-electron chi connectivity index (χ4n) is 2.44. The Labute approximate surface area is 126 Å². The first-order valence-corrected chi connectivity index (χ1v) is 6.82. The second-order valence-electron chi connectivity index (χ2n) is 5.12. The van der Waals surface area contributed by atoms with E-state index in [0.29, 0.717) is 6.42 Å². The van der Waals surface area contributed by atoms with Gasteiger partial charge in [-0.1, -0.05) is 42.5 Å². The molecule has 22 heavy (non-hydrogen) atoms. The molecule has 2 aromatic carbocycles. The first-order chi connectivity index (χ1) is 10.5. The van der Waals surface area contributed by atoms with Crippen molar-refractivity contribution in [2.24, 2.45) is 5.73 Å². The standard InChI is InChI=1S/C16H15F2NO3/c17-16(18)21-13-8-4-7-11(15(13)22-16)14(19)12(20)9-10-5-2-1-3-6-10/h1-8,12,14,20H,9,19H2/t12-,14+/m1/s1. The Morgan fingerprint density at radius 3 is 2.50 bits per heavy atom. The topological polar surface area (TPSA) is 64.7 Å². The molecule has 116 valence electrons. The number of hydrogen-bond acceptors (Lipinski definition) is 4. The van der Waals surface area contributed by atoms with E-state index >= 15 is 0 Å². The van der Waals surface area contributed by atoms with Gasteiger partial charge in [-0.2, -0.15) is 0 Å². The van der Waals surface area contributed by atoms with E-state index in [1.807, 2.05) is 30.3 Å². The predicted molar refractivity (Wildman–Crippen MR) is 75.7 cm³/mol. The van der Waals surface area contributed by atoms with Crippen LogP contribution >= 0.6 is 0 Å². The van der Waals surface area contributed by atoms with Crippen LogP contribution < -0.4 is 15.2 Å². The highest BCUT2D eigenvalue weighted by Crippen LogP contribution is 2.45. The van der Waals surface area contributed by atoms with Gasteiger partial charge in [0, 0.05) is 12.0 Å². The zero-order chi connectivity index (χ0) is 15.7. The molecule has 0 unspecified atom stereocenters. The lowest BCUT2D eigenvalue weighted by molar-refractivity contribution is -0.287. The number of para-hydroxylation sites is 1. The molecule has 0 radical (unpaired) electrons. The highest BCUT2D eigenvalue weighted by molar-refractivity contribution is 5.50. The summed E-state index contributed by atoms with van der Waals surface area (Å²) < 4.78 is 35.3. The van der Waals surface area contributed by atoms with Gasteiger partial charge in [0.2, 0.25) is 0 Å². The lowest BCUT2D eigenvalue weighted by Crippen LogP contribution is -2.29. The van der Waals surface area contributed by atoms with Crippen LogP contribution in [-0.2, 0) is 6.42 Å². The number of ether oxygens (including phenoxy) is 2. The second kappa shape index (κ2) is 5.55. The smallest absolute Gasteiger partial charge is 0.395 e. The van der Waals surface area contributed by atoms with Crippen molar-refractivity contribution in [1.82, 2.24) is 0 Å². The lowest BCUT2D eigenvalue weighted by atomic mass is 9.96. The van der Waals surface area contributed by atoms with E-state index in [1.54, 1.807) is 6.07 Å². The van der Waals surface area contributed by atoms with Gasteiger partial charge >= 0.3 is 6.29 Å². The molecule has 0 bridgehead atoms. The maximum Gasteiger partial charge on any atom is 0.586 e. The molecule has 0 saturated heterocycles. The summed E-state index contributed by atoms with van der Waals surface area (Å²) >= 11 is 0. The number of alkyl halides is 2. The van der Waals surface area contributed by atoms with Crippen LogP contribution in [0.4, 0.5) is 8.78 Å². The number of halogens is 2. The van der Waals surface area contributed by atoms with Crippen LogP contribution in [0.15, 0.2) is 48.5 Å². The molecule has 4 nitrogen and oxygen atoms in total. The number of aliphatic hydroxyl groups excluding tert-OH is 1. The molecule has 3 N–H and O–H groups in total. The van der Waals surface area contributed by atoms with Gasteiger partial charge in [-0.05, 0) is 11.6 Å². The Bertz CT molecular complexity index is 664. The van der Waals surface area contributed by atoms with E-state index in [9.17, 15) is 13.9 Å². The van der Waals surface area contributed by atoms with Crippen molar-refractivity contribution in [3.05, 3.63) is 59.7 Å².